The fourth-order valence-electron chi connectivity index (χ4n) is 4.84. The van der Waals surface area contributed by atoms with Crippen molar-refractivity contribution >= 4 is 18.0 Å². The molecule has 1 aliphatic rings. The monoisotopic (exact) mass is 499 g/mol. The molecule has 194 valence electrons. The average molecular weight is 500 g/mol. The summed E-state index contributed by atoms with van der Waals surface area (Å²) in [6, 6.07) is 28.7. The van der Waals surface area contributed by atoms with E-state index < -0.39 is 0 Å². The van der Waals surface area contributed by atoms with Crippen molar-refractivity contribution in [1.82, 2.24) is 9.96 Å². The first-order valence-electron chi connectivity index (χ1n) is 13.1. The molecule has 3 aromatic rings. The van der Waals surface area contributed by atoms with Crippen molar-refractivity contribution in [2.24, 2.45) is 11.8 Å². The lowest BCUT2D eigenvalue weighted by Crippen LogP contribution is -2.51. The maximum Gasteiger partial charge on any atom is 0.233 e. The molecule has 1 saturated heterocycles. The highest BCUT2D eigenvalue weighted by Gasteiger charge is 2.30. The molecular weight excluding hydrogens is 462 g/mol. The van der Waals surface area contributed by atoms with Gasteiger partial charge in [-0.15, -0.1) is 0 Å². The van der Waals surface area contributed by atoms with Crippen LogP contribution in [0, 0.1) is 11.8 Å². The lowest BCUT2D eigenvalue weighted by Gasteiger charge is -2.38. The van der Waals surface area contributed by atoms with Crippen LogP contribution in [0.3, 0.4) is 0 Å². The lowest BCUT2D eigenvalue weighted by atomic mass is 9.95. The van der Waals surface area contributed by atoms with Gasteiger partial charge in [-0.3, -0.25) is 14.4 Å². The minimum absolute atomic E-state index is 0.0999. The Kier molecular flexibility index (Phi) is 9.33. The predicted octanol–water partition coefficient (Wildman–Crippen LogP) is 5.25. The summed E-state index contributed by atoms with van der Waals surface area (Å²) in [5.41, 5.74) is 4.56. The SMILES string of the molecule is CC(C)CC(CN(C=O)OCc1ccccc1)C(=O)N1CCN(c2ccc(-c3ccccc3)cc2)CC1. The van der Waals surface area contributed by atoms with Crippen molar-refractivity contribution in [2.45, 2.75) is 26.9 Å². The Morgan fingerprint density at radius 2 is 1.46 bits per heavy atom. The molecule has 2 amide bonds. The minimum Gasteiger partial charge on any atom is -0.368 e. The van der Waals surface area contributed by atoms with Crippen LogP contribution >= 0.6 is 0 Å². The van der Waals surface area contributed by atoms with E-state index in [-0.39, 0.29) is 18.4 Å². The summed E-state index contributed by atoms with van der Waals surface area (Å²) in [5.74, 6) is 0.140. The van der Waals surface area contributed by atoms with Crippen LogP contribution < -0.4 is 4.90 Å². The van der Waals surface area contributed by atoms with Gasteiger partial charge in [-0.25, -0.2) is 5.06 Å². The maximum atomic E-state index is 13.5. The van der Waals surface area contributed by atoms with E-state index in [1.807, 2.05) is 41.3 Å². The zero-order valence-corrected chi connectivity index (χ0v) is 21.8. The molecule has 1 atom stereocenters. The van der Waals surface area contributed by atoms with Gasteiger partial charge in [-0.05, 0) is 41.2 Å². The van der Waals surface area contributed by atoms with Gasteiger partial charge >= 0.3 is 0 Å². The first-order chi connectivity index (χ1) is 18.0. The van der Waals surface area contributed by atoms with Crippen LogP contribution in [-0.4, -0.2) is 55.0 Å². The minimum atomic E-state index is -0.294. The van der Waals surface area contributed by atoms with Crippen LogP contribution in [0.5, 0.6) is 0 Å². The number of amides is 2. The molecule has 1 unspecified atom stereocenters. The van der Waals surface area contributed by atoms with Crippen LogP contribution in [0.2, 0.25) is 0 Å². The molecule has 0 aliphatic carbocycles. The molecule has 0 radical (unpaired) electrons. The Hall–Kier alpha value is -3.64. The summed E-state index contributed by atoms with van der Waals surface area (Å²) in [4.78, 5) is 35.2. The van der Waals surface area contributed by atoms with E-state index in [2.05, 4.69) is 67.3 Å². The molecule has 37 heavy (non-hydrogen) atoms. The fraction of sp³-hybridized carbons (Fsp3) is 0.355. The quantitative estimate of drug-likeness (QED) is 0.267. The highest BCUT2D eigenvalue weighted by molar-refractivity contribution is 5.79. The van der Waals surface area contributed by atoms with Crippen LogP contribution in [0.4, 0.5) is 5.69 Å². The van der Waals surface area contributed by atoms with Gasteiger partial charge in [0.05, 0.1) is 12.5 Å². The number of carbonyl (C=O) groups is 2. The van der Waals surface area contributed by atoms with Gasteiger partial charge < -0.3 is 9.80 Å². The largest absolute Gasteiger partial charge is 0.368 e. The number of rotatable bonds is 11. The van der Waals surface area contributed by atoms with E-state index in [9.17, 15) is 9.59 Å². The van der Waals surface area contributed by atoms with Crippen molar-refractivity contribution in [3.8, 4) is 11.1 Å². The maximum absolute atomic E-state index is 13.5. The number of anilines is 1. The van der Waals surface area contributed by atoms with Gasteiger partial charge in [0.2, 0.25) is 12.3 Å². The van der Waals surface area contributed by atoms with E-state index in [1.54, 1.807) is 0 Å². The third-order valence-electron chi connectivity index (χ3n) is 6.79. The van der Waals surface area contributed by atoms with E-state index in [0.29, 0.717) is 38.4 Å². The zero-order chi connectivity index (χ0) is 26.0. The predicted molar refractivity (Wildman–Crippen MR) is 148 cm³/mol. The lowest BCUT2D eigenvalue weighted by molar-refractivity contribution is -0.183. The first kappa shape index (κ1) is 26.4. The highest BCUT2D eigenvalue weighted by Crippen LogP contribution is 2.25. The van der Waals surface area contributed by atoms with E-state index in [1.165, 1.54) is 21.9 Å². The molecule has 1 aliphatic heterocycles. The molecule has 1 fully saturated rings. The fourth-order valence-corrected chi connectivity index (χ4v) is 4.84. The average Bonchev–Trinajstić information content (AvgIpc) is 2.95. The number of hydroxylamine groups is 2. The third kappa shape index (κ3) is 7.43. The molecule has 0 N–H and O–H groups in total. The van der Waals surface area contributed by atoms with Crippen LogP contribution in [0.15, 0.2) is 84.9 Å². The second kappa shape index (κ2) is 13.1. The number of piperazine rings is 1. The molecule has 0 aromatic heterocycles. The normalized spacial score (nSPS) is 14.5. The van der Waals surface area contributed by atoms with Crippen molar-refractivity contribution in [1.29, 1.82) is 0 Å². The van der Waals surface area contributed by atoms with Gasteiger partial charge in [-0.2, -0.15) is 0 Å². The van der Waals surface area contributed by atoms with E-state index >= 15 is 0 Å². The van der Waals surface area contributed by atoms with Gasteiger partial charge in [-0.1, -0.05) is 86.6 Å². The molecule has 4 rings (SSSR count). The summed E-state index contributed by atoms with van der Waals surface area (Å²) >= 11 is 0. The van der Waals surface area contributed by atoms with E-state index in [0.717, 1.165) is 18.7 Å². The Morgan fingerprint density at radius 3 is 2.05 bits per heavy atom. The zero-order valence-electron chi connectivity index (χ0n) is 21.8. The topological polar surface area (TPSA) is 53.1 Å². The number of hydrogen-bond acceptors (Lipinski definition) is 4. The second-order valence-corrected chi connectivity index (χ2v) is 10.0. The number of hydrogen-bond donors (Lipinski definition) is 0. The molecular formula is C31H37N3O3. The molecule has 6 heteroatoms. The second-order valence-electron chi connectivity index (χ2n) is 10.0. The smallest absolute Gasteiger partial charge is 0.233 e. The summed E-state index contributed by atoms with van der Waals surface area (Å²) in [6.07, 6.45) is 1.39. The summed E-state index contributed by atoms with van der Waals surface area (Å²) in [5, 5.41) is 1.28. The van der Waals surface area contributed by atoms with E-state index in [4.69, 9.17) is 4.84 Å². The molecule has 1 heterocycles. The molecule has 0 bridgehead atoms. The number of nitrogens with zero attached hydrogens (tertiary/aromatic N) is 3. The number of carbonyl (C=O) groups excluding carboxylic acids is 2. The molecule has 3 aromatic carbocycles. The Labute approximate surface area is 220 Å². The Balaban J connectivity index is 1.33. The van der Waals surface area contributed by atoms with Gasteiger partial charge in [0.15, 0.2) is 0 Å². The van der Waals surface area contributed by atoms with Crippen molar-refractivity contribution in [2.75, 3.05) is 37.6 Å². The summed E-state index contributed by atoms with van der Waals surface area (Å²) in [6.45, 7) is 7.66. The number of benzene rings is 3. The van der Waals surface area contributed by atoms with Crippen LogP contribution in [0.1, 0.15) is 25.8 Å². The van der Waals surface area contributed by atoms with Crippen molar-refractivity contribution in [3.05, 3.63) is 90.5 Å². The summed E-state index contributed by atoms with van der Waals surface area (Å²) < 4.78 is 0. The van der Waals surface area contributed by atoms with Gasteiger partial charge in [0, 0.05) is 31.9 Å². The third-order valence-corrected chi connectivity index (χ3v) is 6.79. The Bertz CT molecular complexity index is 1110. The highest BCUT2D eigenvalue weighted by atomic mass is 16.7. The van der Waals surface area contributed by atoms with Crippen molar-refractivity contribution < 1.29 is 14.4 Å². The summed E-state index contributed by atoms with van der Waals surface area (Å²) in [7, 11) is 0. The van der Waals surface area contributed by atoms with Gasteiger partial charge in [0.1, 0.15) is 6.61 Å². The standard InChI is InChI=1S/C31H37N3O3/c1-25(2)21-29(22-34(24-35)37-23-26-9-5-3-6-10-26)31(36)33-19-17-32(18-20-33)30-15-13-28(14-16-30)27-11-7-4-8-12-27/h3-16,24-25,29H,17-23H2,1-2H3. The molecule has 0 saturated carbocycles. The molecule has 0 spiro atoms. The van der Waals surface area contributed by atoms with Crippen molar-refractivity contribution in [3.63, 3.8) is 0 Å². The van der Waals surface area contributed by atoms with Crippen LogP contribution in [-0.2, 0) is 21.0 Å². The molecule has 6 nitrogen and oxygen atoms in total. The van der Waals surface area contributed by atoms with Crippen LogP contribution in [0.25, 0.3) is 11.1 Å². The Morgan fingerprint density at radius 1 is 0.865 bits per heavy atom. The first-order valence-corrected chi connectivity index (χ1v) is 13.1. The van der Waals surface area contributed by atoms with Gasteiger partial charge in [0.25, 0.3) is 0 Å².